The number of aromatic nitrogens is 1. The summed E-state index contributed by atoms with van der Waals surface area (Å²) in [4.78, 5) is 30.1. The maximum absolute atomic E-state index is 12.5. The molecule has 0 saturated heterocycles. The number of aryl methyl sites for hydroxylation is 2. The number of nitrogens with zero attached hydrogens (tertiary/aromatic N) is 1. The molecule has 6 nitrogen and oxygen atoms in total. The van der Waals surface area contributed by atoms with Gasteiger partial charge in [0.15, 0.2) is 10.8 Å². The summed E-state index contributed by atoms with van der Waals surface area (Å²) in [5.41, 5.74) is 1.12. The van der Waals surface area contributed by atoms with Crippen LogP contribution in [0.3, 0.4) is 0 Å². The Labute approximate surface area is 152 Å². The molecule has 3 aromatic heterocycles. The van der Waals surface area contributed by atoms with Crippen molar-refractivity contribution in [2.24, 2.45) is 0 Å². The van der Waals surface area contributed by atoms with Crippen molar-refractivity contribution in [2.45, 2.75) is 20.8 Å². The van der Waals surface area contributed by atoms with Gasteiger partial charge >= 0.3 is 5.97 Å². The molecule has 3 rings (SSSR count). The van der Waals surface area contributed by atoms with Gasteiger partial charge in [0.25, 0.3) is 5.91 Å². The smallest absolute Gasteiger partial charge is 0.348 e. The van der Waals surface area contributed by atoms with E-state index in [0.717, 1.165) is 10.4 Å². The van der Waals surface area contributed by atoms with Crippen LogP contribution in [-0.4, -0.2) is 23.5 Å². The third-order valence-corrected chi connectivity index (χ3v) is 5.48. The fourth-order valence-electron chi connectivity index (χ4n) is 2.23. The third kappa shape index (κ3) is 3.64. The van der Waals surface area contributed by atoms with Gasteiger partial charge in [0.1, 0.15) is 10.6 Å². The van der Waals surface area contributed by atoms with Crippen LogP contribution >= 0.6 is 22.7 Å². The van der Waals surface area contributed by atoms with Gasteiger partial charge in [0, 0.05) is 4.88 Å². The number of rotatable bonds is 5. The first-order valence-electron chi connectivity index (χ1n) is 7.59. The topological polar surface area (TPSA) is 81.4 Å². The number of hydrogen-bond donors (Lipinski definition) is 1. The summed E-state index contributed by atoms with van der Waals surface area (Å²) in [5.74, 6) is -0.0672. The van der Waals surface area contributed by atoms with Crippen molar-refractivity contribution < 1.29 is 18.7 Å². The SMILES string of the molecule is CCOC(=O)c1sc(NC(=O)c2nc(-c3ccco3)sc2C)cc1C. The maximum atomic E-state index is 12.5. The van der Waals surface area contributed by atoms with Crippen LogP contribution in [0.15, 0.2) is 28.9 Å². The molecular weight excluding hydrogens is 360 g/mol. The van der Waals surface area contributed by atoms with Gasteiger partial charge in [-0.25, -0.2) is 9.78 Å². The summed E-state index contributed by atoms with van der Waals surface area (Å²) in [7, 11) is 0. The largest absolute Gasteiger partial charge is 0.462 e. The zero-order valence-corrected chi connectivity index (χ0v) is 15.5. The number of anilines is 1. The summed E-state index contributed by atoms with van der Waals surface area (Å²) in [6.07, 6.45) is 1.57. The highest BCUT2D eigenvalue weighted by atomic mass is 32.1. The highest BCUT2D eigenvalue weighted by Gasteiger charge is 2.20. The molecule has 0 aliphatic carbocycles. The van der Waals surface area contributed by atoms with Crippen LogP contribution in [0.2, 0.25) is 0 Å². The lowest BCUT2D eigenvalue weighted by Gasteiger charge is -2.00. The molecule has 1 N–H and O–H groups in total. The zero-order chi connectivity index (χ0) is 18.0. The monoisotopic (exact) mass is 376 g/mol. The number of ether oxygens (including phenoxy) is 1. The lowest BCUT2D eigenvalue weighted by atomic mass is 10.3. The minimum absolute atomic E-state index is 0.311. The average Bonchev–Trinajstić information content (AvgIpc) is 3.27. The van der Waals surface area contributed by atoms with Gasteiger partial charge in [-0.2, -0.15) is 0 Å². The predicted octanol–water partition coefficient (Wildman–Crippen LogP) is 4.51. The quantitative estimate of drug-likeness (QED) is 0.663. The van der Waals surface area contributed by atoms with Crippen LogP contribution < -0.4 is 5.32 Å². The summed E-state index contributed by atoms with van der Waals surface area (Å²) in [6, 6.07) is 5.33. The molecular formula is C17H16N2O4S2. The van der Waals surface area contributed by atoms with E-state index in [-0.39, 0.29) is 11.9 Å². The van der Waals surface area contributed by atoms with Crippen LogP contribution in [-0.2, 0) is 4.74 Å². The summed E-state index contributed by atoms with van der Waals surface area (Å²) in [6.45, 7) is 5.71. The number of furan rings is 1. The van der Waals surface area contributed by atoms with E-state index in [1.54, 1.807) is 31.4 Å². The average molecular weight is 376 g/mol. The highest BCUT2D eigenvalue weighted by molar-refractivity contribution is 7.18. The van der Waals surface area contributed by atoms with Crippen LogP contribution in [0, 0.1) is 13.8 Å². The summed E-state index contributed by atoms with van der Waals surface area (Å²) >= 11 is 2.59. The lowest BCUT2D eigenvalue weighted by Crippen LogP contribution is -2.12. The molecule has 0 aromatic carbocycles. The second-order valence-corrected chi connectivity index (χ2v) is 7.45. The molecule has 3 heterocycles. The molecule has 0 fully saturated rings. The minimum Gasteiger partial charge on any atom is -0.462 e. The first-order valence-corrected chi connectivity index (χ1v) is 9.23. The normalized spacial score (nSPS) is 10.7. The second-order valence-electron chi connectivity index (χ2n) is 5.20. The Balaban J connectivity index is 1.79. The van der Waals surface area contributed by atoms with Crippen molar-refractivity contribution in [2.75, 3.05) is 11.9 Å². The van der Waals surface area contributed by atoms with Crippen molar-refractivity contribution >= 4 is 39.6 Å². The van der Waals surface area contributed by atoms with Crippen molar-refractivity contribution in [1.82, 2.24) is 4.98 Å². The van der Waals surface area contributed by atoms with Crippen LogP contribution in [0.25, 0.3) is 10.8 Å². The predicted molar refractivity (Wildman–Crippen MR) is 97.5 cm³/mol. The fourth-order valence-corrected chi connectivity index (χ4v) is 4.07. The zero-order valence-electron chi connectivity index (χ0n) is 13.9. The Bertz CT molecular complexity index is 909. The molecule has 1 amide bonds. The Morgan fingerprint density at radius 2 is 2.12 bits per heavy atom. The number of hydrogen-bond acceptors (Lipinski definition) is 7. The molecule has 0 bridgehead atoms. The van der Waals surface area contributed by atoms with Gasteiger partial charge in [-0.1, -0.05) is 0 Å². The molecule has 25 heavy (non-hydrogen) atoms. The van der Waals surface area contributed by atoms with E-state index in [4.69, 9.17) is 9.15 Å². The Kier molecular flexibility index (Phi) is 5.00. The number of nitrogens with one attached hydrogen (secondary N) is 1. The molecule has 0 aliphatic heterocycles. The first-order chi connectivity index (χ1) is 12.0. The highest BCUT2D eigenvalue weighted by Crippen LogP contribution is 2.30. The molecule has 130 valence electrons. The molecule has 3 aromatic rings. The van der Waals surface area contributed by atoms with E-state index in [2.05, 4.69) is 10.3 Å². The van der Waals surface area contributed by atoms with Crippen molar-refractivity contribution in [3.63, 3.8) is 0 Å². The van der Waals surface area contributed by atoms with E-state index in [1.165, 1.54) is 22.7 Å². The third-order valence-electron chi connectivity index (χ3n) is 3.36. The maximum Gasteiger partial charge on any atom is 0.348 e. The Morgan fingerprint density at radius 3 is 2.80 bits per heavy atom. The number of amides is 1. The van der Waals surface area contributed by atoms with Gasteiger partial charge < -0.3 is 14.5 Å². The first kappa shape index (κ1) is 17.4. The van der Waals surface area contributed by atoms with Crippen LogP contribution in [0.4, 0.5) is 5.00 Å². The van der Waals surface area contributed by atoms with Crippen LogP contribution in [0.5, 0.6) is 0 Å². The summed E-state index contributed by atoms with van der Waals surface area (Å²) in [5, 5.41) is 4.04. The number of carbonyl (C=O) groups is 2. The van der Waals surface area contributed by atoms with E-state index in [9.17, 15) is 9.59 Å². The van der Waals surface area contributed by atoms with Gasteiger partial charge in [-0.05, 0) is 44.5 Å². The van der Waals surface area contributed by atoms with E-state index in [1.807, 2.05) is 13.8 Å². The molecule has 0 spiro atoms. The van der Waals surface area contributed by atoms with Crippen molar-refractivity contribution in [3.8, 4) is 10.8 Å². The van der Waals surface area contributed by atoms with Crippen molar-refractivity contribution in [1.29, 1.82) is 0 Å². The van der Waals surface area contributed by atoms with Gasteiger partial charge in [-0.15, -0.1) is 22.7 Å². The molecule has 0 radical (unpaired) electrons. The standard InChI is InChI=1S/C17H16N2O4S2/c1-4-22-17(21)14-9(2)8-12(25-14)18-15(20)13-10(3)24-16(19-13)11-6-5-7-23-11/h5-8H,4H2,1-3H3,(H,18,20). The second kappa shape index (κ2) is 7.20. The number of thiazole rings is 1. The fraction of sp³-hybridized carbons (Fsp3) is 0.235. The van der Waals surface area contributed by atoms with E-state index < -0.39 is 0 Å². The van der Waals surface area contributed by atoms with Crippen LogP contribution in [0.1, 0.15) is 37.5 Å². The van der Waals surface area contributed by atoms with Gasteiger partial charge in [0.2, 0.25) is 0 Å². The molecule has 8 heteroatoms. The molecule has 0 atom stereocenters. The summed E-state index contributed by atoms with van der Waals surface area (Å²) < 4.78 is 10.3. The van der Waals surface area contributed by atoms with Crippen molar-refractivity contribution in [3.05, 3.63) is 45.5 Å². The molecule has 0 saturated carbocycles. The van der Waals surface area contributed by atoms with E-state index >= 15 is 0 Å². The van der Waals surface area contributed by atoms with E-state index in [0.29, 0.717) is 32.9 Å². The molecule has 0 aliphatic rings. The Hall–Kier alpha value is -2.45. The van der Waals surface area contributed by atoms with Gasteiger partial charge in [0.05, 0.1) is 17.9 Å². The number of thiophene rings is 1. The lowest BCUT2D eigenvalue weighted by molar-refractivity contribution is 0.0531. The van der Waals surface area contributed by atoms with Gasteiger partial charge in [-0.3, -0.25) is 4.79 Å². The molecule has 0 unspecified atom stereocenters. The number of carbonyl (C=O) groups excluding carboxylic acids is 2. The number of esters is 1. The minimum atomic E-state index is -0.379. The Morgan fingerprint density at radius 1 is 1.32 bits per heavy atom.